The lowest BCUT2D eigenvalue weighted by Crippen LogP contribution is -2.47. The van der Waals surface area contributed by atoms with E-state index in [2.05, 4.69) is 15.3 Å². The van der Waals surface area contributed by atoms with Crippen molar-refractivity contribution in [2.24, 2.45) is 11.7 Å². The predicted molar refractivity (Wildman–Crippen MR) is 62.2 cm³/mol. The molecule has 1 aliphatic heterocycles. The van der Waals surface area contributed by atoms with E-state index in [-0.39, 0.29) is 11.7 Å². The third-order valence-corrected chi connectivity index (χ3v) is 3.25. The second-order valence-electron chi connectivity index (χ2n) is 4.33. The van der Waals surface area contributed by atoms with Gasteiger partial charge in [0, 0.05) is 25.0 Å². The zero-order valence-electron chi connectivity index (χ0n) is 8.79. The van der Waals surface area contributed by atoms with Crippen molar-refractivity contribution in [1.29, 1.82) is 0 Å². The summed E-state index contributed by atoms with van der Waals surface area (Å²) < 4.78 is 0. The molecule has 1 aromatic carbocycles. The number of hydrogen-bond donors (Lipinski definition) is 4. The summed E-state index contributed by atoms with van der Waals surface area (Å²) in [6.45, 7) is 1.95. The van der Waals surface area contributed by atoms with Gasteiger partial charge in [-0.15, -0.1) is 0 Å². The Morgan fingerprint density at radius 3 is 2.69 bits per heavy atom. The van der Waals surface area contributed by atoms with Crippen LogP contribution in [0.15, 0.2) is 23.0 Å². The summed E-state index contributed by atoms with van der Waals surface area (Å²) in [4.78, 5) is 16.6. The Morgan fingerprint density at radius 2 is 2.00 bits per heavy atom. The van der Waals surface area contributed by atoms with Crippen molar-refractivity contribution >= 4 is 11.0 Å². The Kier molecular flexibility index (Phi) is 2.08. The molecule has 5 heteroatoms. The molecular formula is C11H14N4O. The Bertz CT molecular complexity index is 567. The summed E-state index contributed by atoms with van der Waals surface area (Å²) in [5.74, 6) is 0.503. The Labute approximate surface area is 92.0 Å². The van der Waals surface area contributed by atoms with Gasteiger partial charge >= 0.3 is 5.69 Å². The first-order valence-corrected chi connectivity index (χ1v) is 5.42. The van der Waals surface area contributed by atoms with Crippen LogP contribution < -0.4 is 16.7 Å². The van der Waals surface area contributed by atoms with Crippen molar-refractivity contribution in [3.8, 4) is 0 Å². The maximum Gasteiger partial charge on any atom is 0.323 e. The highest BCUT2D eigenvalue weighted by Crippen LogP contribution is 2.24. The molecule has 1 saturated heterocycles. The lowest BCUT2D eigenvalue weighted by Gasteiger charge is -2.32. The van der Waals surface area contributed by atoms with Gasteiger partial charge in [-0.25, -0.2) is 4.79 Å². The summed E-state index contributed by atoms with van der Waals surface area (Å²) in [5, 5.41) is 3.21. The van der Waals surface area contributed by atoms with Crippen LogP contribution in [0.4, 0.5) is 0 Å². The Hall–Kier alpha value is -1.59. The zero-order valence-corrected chi connectivity index (χ0v) is 8.79. The summed E-state index contributed by atoms with van der Waals surface area (Å²) >= 11 is 0. The minimum Gasteiger partial charge on any atom is -0.324 e. The molecule has 2 heterocycles. The first-order valence-electron chi connectivity index (χ1n) is 5.42. The number of nitrogens with one attached hydrogen (secondary N) is 3. The number of hydrogen-bond acceptors (Lipinski definition) is 3. The zero-order chi connectivity index (χ0) is 11.1. The van der Waals surface area contributed by atoms with E-state index in [0.717, 1.165) is 29.7 Å². The number of rotatable bonds is 2. The normalized spacial score (nSPS) is 18.6. The highest BCUT2D eigenvalue weighted by molar-refractivity contribution is 5.75. The van der Waals surface area contributed by atoms with Gasteiger partial charge in [0.05, 0.1) is 11.0 Å². The molecule has 1 unspecified atom stereocenters. The Balaban J connectivity index is 2.00. The molecule has 1 aliphatic rings. The maximum absolute atomic E-state index is 11.1. The van der Waals surface area contributed by atoms with E-state index in [9.17, 15) is 4.79 Å². The molecule has 2 aromatic rings. The van der Waals surface area contributed by atoms with Crippen molar-refractivity contribution in [3.63, 3.8) is 0 Å². The van der Waals surface area contributed by atoms with Gasteiger partial charge in [-0.1, -0.05) is 6.07 Å². The lowest BCUT2D eigenvalue weighted by molar-refractivity contribution is 0.295. The quantitative estimate of drug-likeness (QED) is 0.575. The summed E-state index contributed by atoms with van der Waals surface area (Å²) in [5.41, 5.74) is 8.71. The highest BCUT2D eigenvalue weighted by atomic mass is 16.1. The van der Waals surface area contributed by atoms with Crippen molar-refractivity contribution in [1.82, 2.24) is 15.3 Å². The van der Waals surface area contributed by atoms with Crippen LogP contribution in [0.25, 0.3) is 11.0 Å². The molecule has 1 fully saturated rings. The van der Waals surface area contributed by atoms with E-state index in [0.29, 0.717) is 5.92 Å². The van der Waals surface area contributed by atoms with Crippen molar-refractivity contribution in [3.05, 3.63) is 34.2 Å². The van der Waals surface area contributed by atoms with Gasteiger partial charge < -0.3 is 21.0 Å². The smallest absolute Gasteiger partial charge is 0.323 e. The fourth-order valence-electron chi connectivity index (χ4n) is 2.09. The van der Waals surface area contributed by atoms with Gasteiger partial charge in [0.25, 0.3) is 0 Å². The van der Waals surface area contributed by atoms with Crippen molar-refractivity contribution in [2.75, 3.05) is 13.1 Å². The van der Waals surface area contributed by atoms with Crippen LogP contribution in [0.3, 0.4) is 0 Å². The molecule has 0 radical (unpaired) electrons. The average molecular weight is 218 g/mol. The van der Waals surface area contributed by atoms with Crippen LogP contribution in [-0.2, 0) is 0 Å². The molecule has 0 amide bonds. The van der Waals surface area contributed by atoms with Gasteiger partial charge in [-0.2, -0.15) is 0 Å². The number of aromatic nitrogens is 2. The number of benzene rings is 1. The molecule has 1 atom stereocenters. The second kappa shape index (κ2) is 3.47. The van der Waals surface area contributed by atoms with E-state index in [1.165, 1.54) is 0 Å². The molecule has 0 aliphatic carbocycles. The van der Waals surface area contributed by atoms with Crippen LogP contribution in [0.1, 0.15) is 11.6 Å². The topological polar surface area (TPSA) is 86.7 Å². The number of fused-ring (bicyclic) bond motifs is 1. The van der Waals surface area contributed by atoms with E-state index in [1.807, 2.05) is 18.2 Å². The average Bonchev–Trinajstić information content (AvgIpc) is 2.53. The van der Waals surface area contributed by atoms with Gasteiger partial charge in [-0.3, -0.25) is 0 Å². The van der Waals surface area contributed by atoms with Gasteiger partial charge in [0.2, 0.25) is 0 Å². The fourth-order valence-corrected chi connectivity index (χ4v) is 2.09. The molecule has 5 nitrogen and oxygen atoms in total. The largest absolute Gasteiger partial charge is 0.324 e. The van der Waals surface area contributed by atoms with Gasteiger partial charge in [0.15, 0.2) is 0 Å². The fraction of sp³-hybridized carbons (Fsp3) is 0.364. The Morgan fingerprint density at radius 1 is 1.25 bits per heavy atom. The van der Waals surface area contributed by atoms with Crippen LogP contribution in [0.2, 0.25) is 0 Å². The number of nitrogens with two attached hydrogens (primary N) is 1. The summed E-state index contributed by atoms with van der Waals surface area (Å²) in [6, 6.07) is 5.88. The molecule has 0 saturated carbocycles. The monoisotopic (exact) mass is 218 g/mol. The third kappa shape index (κ3) is 1.45. The molecular weight excluding hydrogens is 204 g/mol. The first kappa shape index (κ1) is 9.62. The lowest BCUT2D eigenvalue weighted by atomic mass is 9.89. The molecule has 16 heavy (non-hydrogen) atoms. The minimum absolute atomic E-state index is 0.0454. The third-order valence-electron chi connectivity index (χ3n) is 3.25. The van der Waals surface area contributed by atoms with E-state index in [1.54, 1.807) is 0 Å². The summed E-state index contributed by atoms with van der Waals surface area (Å²) in [7, 11) is 0. The van der Waals surface area contributed by atoms with Crippen LogP contribution in [-0.4, -0.2) is 23.1 Å². The van der Waals surface area contributed by atoms with Crippen molar-refractivity contribution < 1.29 is 0 Å². The minimum atomic E-state index is -0.175. The molecule has 5 N–H and O–H groups in total. The van der Waals surface area contributed by atoms with E-state index >= 15 is 0 Å². The molecule has 0 bridgehead atoms. The van der Waals surface area contributed by atoms with Crippen molar-refractivity contribution in [2.45, 2.75) is 6.04 Å². The van der Waals surface area contributed by atoms with Crippen LogP contribution in [0, 0.1) is 5.92 Å². The first-order chi connectivity index (χ1) is 7.74. The van der Waals surface area contributed by atoms with E-state index < -0.39 is 0 Å². The summed E-state index contributed by atoms with van der Waals surface area (Å²) in [6.07, 6.45) is 0. The van der Waals surface area contributed by atoms with Crippen LogP contribution >= 0.6 is 0 Å². The molecule has 3 rings (SSSR count). The SMILES string of the molecule is NC(c1ccc2[nH]c(=O)[nH]c2c1)C1CNC1. The number of H-pyrrole nitrogens is 2. The van der Waals surface area contributed by atoms with Gasteiger partial charge in [-0.05, 0) is 17.7 Å². The highest BCUT2D eigenvalue weighted by Gasteiger charge is 2.25. The predicted octanol–water partition coefficient (Wildman–Crippen LogP) is 0.0754. The maximum atomic E-state index is 11.1. The van der Waals surface area contributed by atoms with Crippen LogP contribution in [0.5, 0.6) is 0 Å². The number of imidazole rings is 1. The molecule has 84 valence electrons. The second-order valence-corrected chi connectivity index (χ2v) is 4.33. The molecule has 1 aromatic heterocycles. The standard InChI is InChI=1S/C11H14N4O/c12-10(7-4-13-5-7)6-1-2-8-9(3-6)15-11(16)14-8/h1-3,7,10,13H,4-5,12H2,(H2,14,15,16). The molecule has 0 spiro atoms. The number of aromatic amines is 2. The van der Waals surface area contributed by atoms with E-state index in [4.69, 9.17) is 5.73 Å². The van der Waals surface area contributed by atoms with Gasteiger partial charge in [0.1, 0.15) is 0 Å².